The molecule has 0 unspecified atom stereocenters. The molecule has 0 aliphatic carbocycles. The van der Waals surface area contributed by atoms with E-state index in [1.165, 1.54) is 6.42 Å². The molecule has 0 atom stereocenters. The fraction of sp³-hybridized carbons (Fsp3) is 0.471. The van der Waals surface area contributed by atoms with Crippen molar-refractivity contribution in [2.24, 2.45) is 5.73 Å². The highest BCUT2D eigenvalue weighted by atomic mass is 16.5. The minimum atomic E-state index is -0.395. The quantitative estimate of drug-likeness (QED) is 0.775. The summed E-state index contributed by atoms with van der Waals surface area (Å²) in [5.74, 6) is -0.395. The third-order valence-corrected chi connectivity index (χ3v) is 2.65. The van der Waals surface area contributed by atoms with Gasteiger partial charge in [-0.3, -0.25) is 4.79 Å². The molecule has 22 heavy (non-hydrogen) atoms. The Hall–Kier alpha value is -2.01. The summed E-state index contributed by atoms with van der Waals surface area (Å²) in [7, 11) is 3.69. The molecule has 0 bridgehead atoms. The Morgan fingerprint density at radius 2 is 1.86 bits per heavy atom. The van der Waals surface area contributed by atoms with Gasteiger partial charge in [-0.25, -0.2) is 0 Å². The summed E-state index contributed by atoms with van der Waals surface area (Å²) in [5, 5.41) is 3.04. The number of rotatable bonds is 8. The van der Waals surface area contributed by atoms with Crippen molar-refractivity contribution < 1.29 is 9.53 Å². The smallest absolute Gasteiger partial charge is 0.223 e. The average molecular weight is 307 g/mol. The van der Waals surface area contributed by atoms with Crippen LogP contribution in [0.2, 0.25) is 0 Å². The molecule has 0 spiro atoms. The molecule has 124 valence electrons. The molecule has 0 aliphatic rings. The van der Waals surface area contributed by atoms with Gasteiger partial charge in [-0.2, -0.15) is 0 Å². The van der Waals surface area contributed by atoms with Crippen LogP contribution in [0.3, 0.4) is 0 Å². The zero-order chi connectivity index (χ0) is 17.0. The molecule has 0 aliphatic heterocycles. The van der Waals surface area contributed by atoms with Gasteiger partial charge in [0, 0.05) is 37.8 Å². The summed E-state index contributed by atoms with van der Waals surface area (Å²) >= 11 is 0. The summed E-state index contributed by atoms with van der Waals surface area (Å²) in [5.41, 5.74) is 7.67. The Morgan fingerprint density at radius 3 is 2.32 bits per heavy atom. The van der Waals surface area contributed by atoms with Gasteiger partial charge < -0.3 is 20.7 Å². The normalized spacial score (nSPS) is 9.45. The van der Waals surface area contributed by atoms with Crippen molar-refractivity contribution >= 4 is 17.3 Å². The second-order valence-electron chi connectivity index (χ2n) is 5.04. The maximum absolute atomic E-state index is 10.7. The average Bonchev–Trinajstić information content (AvgIpc) is 2.45. The maximum atomic E-state index is 10.7. The number of anilines is 2. The Labute approximate surface area is 134 Å². The largest absolute Gasteiger partial charge is 0.383 e. The van der Waals surface area contributed by atoms with Gasteiger partial charge >= 0.3 is 0 Å². The van der Waals surface area contributed by atoms with Crippen LogP contribution in [0.4, 0.5) is 11.4 Å². The zero-order valence-electron chi connectivity index (χ0n) is 14.2. The first-order chi connectivity index (χ1) is 10.4. The van der Waals surface area contributed by atoms with Crippen molar-refractivity contribution in [1.29, 1.82) is 0 Å². The van der Waals surface area contributed by atoms with E-state index in [4.69, 9.17) is 10.5 Å². The van der Waals surface area contributed by atoms with E-state index < -0.39 is 5.91 Å². The number of nitrogens with zero attached hydrogens (tertiary/aromatic N) is 1. The van der Waals surface area contributed by atoms with Gasteiger partial charge in [0.2, 0.25) is 5.91 Å². The lowest BCUT2D eigenvalue weighted by Gasteiger charge is -2.19. The second kappa shape index (κ2) is 11.6. The number of methoxy groups -OCH3 is 1. The number of benzene rings is 1. The zero-order valence-corrected chi connectivity index (χ0v) is 14.2. The fourth-order valence-corrected chi connectivity index (χ4v) is 1.62. The van der Waals surface area contributed by atoms with Gasteiger partial charge in [0.15, 0.2) is 0 Å². The molecule has 0 saturated heterocycles. The Balaban J connectivity index is 0.00000135. The van der Waals surface area contributed by atoms with E-state index in [1.54, 1.807) is 7.11 Å². The van der Waals surface area contributed by atoms with Crippen LogP contribution in [-0.2, 0) is 9.53 Å². The molecule has 1 aromatic carbocycles. The van der Waals surface area contributed by atoms with Crippen LogP contribution in [0.5, 0.6) is 0 Å². The number of hydrogen-bond donors (Lipinski definition) is 2. The molecule has 0 saturated carbocycles. The number of carbonyl (C=O) groups is 1. The number of ether oxygens (including phenoxy) is 1. The van der Waals surface area contributed by atoms with Gasteiger partial charge in [-0.1, -0.05) is 26.8 Å². The van der Waals surface area contributed by atoms with E-state index in [2.05, 4.69) is 30.6 Å². The van der Waals surface area contributed by atoms with Crippen LogP contribution in [0.25, 0.3) is 0 Å². The number of amides is 1. The highest BCUT2D eigenvalue weighted by molar-refractivity contribution is 5.77. The topological polar surface area (TPSA) is 67.6 Å². The van der Waals surface area contributed by atoms with E-state index in [0.717, 1.165) is 17.9 Å². The number of primary amides is 1. The number of likely N-dealkylation sites (N-methyl/N-ethyl adjacent to an activating group) is 1. The number of carbonyl (C=O) groups excluding carboxylic acids is 1. The lowest BCUT2D eigenvalue weighted by Crippen LogP contribution is -2.21. The van der Waals surface area contributed by atoms with Crippen LogP contribution < -0.4 is 16.0 Å². The van der Waals surface area contributed by atoms with Crippen molar-refractivity contribution in [1.82, 2.24) is 0 Å². The van der Waals surface area contributed by atoms with Gasteiger partial charge in [0.1, 0.15) is 0 Å². The third-order valence-electron chi connectivity index (χ3n) is 2.65. The van der Waals surface area contributed by atoms with Crippen LogP contribution in [0, 0.1) is 0 Å². The highest BCUT2D eigenvalue weighted by Crippen LogP contribution is 2.18. The summed E-state index contributed by atoms with van der Waals surface area (Å²) in [6, 6.07) is 7.86. The van der Waals surface area contributed by atoms with Crippen LogP contribution in [0.15, 0.2) is 36.5 Å². The molecule has 5 heteroatoms. The van der Waals surface area contributed by atoms with Crippen molar-refractivity contribution in [2.75, 3.05) is 37.5 Å². The number of nitrogens with two attached hydrogens (primary N) is 1. The molecule has 1 amide bonds. The van der Waals surface area contributed by atoms with Crippen molar-refractivity contribution in [2.45, 2.75) is 26.7 Å². The number of hydrogen-bond acceptors (Lipinski definition) is 4. The molecule has 1 aromatic rings. The van der Waals surface area contributed by atoms with Gasteiger partial charge in [-0.15, -0.1) is 0 Å². The van der Waals surface area contributed by atoms with E-state index in [-0.39, 0.29) is 6.42 Å². The number of nitrogens with one attached hydrogen (secondary N) is 1. The van der Waals surface area contributed by atoms with Crippen LogP contribution in [0.1, 0.15) is 26.7 Å². The predicted molar refractivity (Wildman–Crippen MR) is 94.1 cm³/mol. The maximum Gasteiger partial charge on any atom is 0.223 e. The Morgan fingerprint density at radius 1 is 1.32 bits per heavy atom. The lowest BCUT2D eigenvalue weighted by atomic mass is 10.2. The summed E-state index contributed by atoms with van der Waals surface area (Å²) in [4.78, 5) is 12.8. The second-order valence-corrected chi connectivity index (χ2v) is 5.04. The highest BCUT2D eigenvalue weighted by Gasteiger charge is 2.02. The first kappa shape index (κ1) is 20.0. The molecule has 3 N–H and O–H groups in total. The minimum Gasteiger partial charge on any atom is -0.383 e. The van der Waals surface area contributed by atoms with E-state index in [1.807, 2.05) is 31.3 Å². The van der Waals surface area contributed by atoms with Crippen molar-refractivity contribution in [3.05, 3.63) is 36.5 Å². The lowest BCUT2D eigenvalue weighted by molar-refractivity contribution is -0.117. The molecule has 5 nitrogen and oxygen atoms in total. The minimum absolute atomic E-state index is 0.134. The summed E-state index contributed by atoms with van der Waals surface area (Å²) in [6.45, 7) is 9.52. The van der Waals surface area contributed by atoms with E-state index in [9.17, 15) is 4.79 Å². The Bertz CT molecular complexity index is 444. The first-order valence-electron chi connectivity index (χ1n) is 7.47. The molecule has 0 aromatic heterocycles. The van der Waals surface area contributed by atoms with E-state index >= 15 is 0 Å². The SMILES string of the molecule is C=C(CC(N)=O)Nc1ccc(N(C)CCOC)cc1.CCC. The molecule has 1 rings (SSSR count). The monoisotopic (exact) mass is 307 g/mol. The van der Waals surface area contributed by atoms with E-state index in [0.29, 0.717) is 12.3 Å². The van der Waals surface area contributed by atoms with Gasteiger partial charge in [0.05, 0.1) is 13.0 Å². The van der Waals surface area contributed by atoms with Crippen LogP contribution in [-0.4, -0.2) is 33.2 Å². The Kier molecular flexibility index (Phi) is 10.6. The van der Waals surface area contributed by atoms with Crippen molar-refractivity contribution in [3.63, 3.8) is 0 Å². The fourth-order valence-electron chi connectivity index (χ4n) is 1.62. The van der Waals surface area contributed by atoms with Crippen LogP contribution >= 0.6 is 0 Å². The standard InChI is InChI=1S/C14H21N3O2.C3H8/c1-11(10-14(15)18)16-12-4-6-13(7-5-12)17(2)8-9-19-3;1-3-2/h4-7,16H,1,8-10H2,2-3H3,(H2,15,18);3H2,1-2H3. The molecule has 0 fully saturated rings. The summed E-state index contributed by atoms with van der Waals surface area (Å²) in [6.07, 6.45) is 1.38. The third kappa shape index (κ3) is 9.02. The molecular formula is C17H29N3O2. The molecule has 0 heterocycles. The van der Waals surface area contributed by atoms with Crippen molar-refractivity contribution in [3.8, 4) is 0 Å². The summed E-state index contributed by atoms with van der Waals surface area (Å²) < 4.78 is 5.04. The predicted octanol–water partition coefficient (Wildman–Crippen LogP) is 2.99. The molecular weight excluding hydrogens is 278 g/mol. The van der Waals surface area contributed by atoms with Gasteiger partial charge in [-0.05, 0) is 24.3 Å². The van der Waals surface area contributed by atoms with Gasteiger partial charge in [0.25, 0.3) is 0 Å². The first-order valence-corrected chi connectivity index (χ1v) is 7.47. The molecule has 0 radical (unpaired) electrons.